The van der Waals surface area contributed by atoms with Gasteiger partial charge >= 0.3 is 6.03 Å². The largest absolute Gasteiger partial charge is 0.360 e. The maximum Gasteiger partial charge on any atom is 0.318 e. The molecule has 0 aliphatic rings. The number of halogens is 1. The van der Waals surface area contributed by atoms with Crippen LogP contribution < -0.4 is 10.6 Å². The van der Waals surface area contributed by atoms with Crippen LogP contribution in [0.2, 0.25) is 0 Å². The van der Waals surface area contributed by atoms with Gasteiger partial charge < -0.3 is 15.6 Å². The fourth-order valence-electron chi connectivity index (χ4n) is 2.26. The molecule has 3 rings (SSSR count). The third kappa shape index (κ3) is 2.58. The molecule has 21 heavy (non-hydrogen) atoms. The summed E-state index contributed by atoms with van der Waals surface area (Å²) in [6.45, 7) is 0. The molecule has 1 heterocycles. The average molecular weight is 283 g/mol. The van der Waals surface area contributed by atoms with E-state index in [0.717, 1.165) is 22.0 Å². The summed E-state index contributed by atoms with van der Waals surface area (Å²) in [7, 11) is 1.56. The van der Waals surface area contributed by atoms with Crippen molar-refractivity contribution in [3.63, 3.8) is 0 Å². The van der Waals surface area contributed by atoms with Crippen LogP contribution in [0.15, 0.2) is 48.7 Å². The van der Waals surface area contributed by atoms with E-state index in [1.165, 1.54) is 12.1 Å². The second kappa shape index (κ2) is 5.28. The highest BCUT2D eigenvalue weighted by molar-refractivity contribution is 5.96. The first-order chi connectivity index (χ1) is 10.2. The van der Waals surface area contributed by atoms with Crippen molar-refractivity contribution in [2.75, 3.05) is 12.4 Å². The molecule has 3 N–H and O–H groups in total. The minimum Gasteiger partial charge on any atom is -0.360 e. The number of urea groups is 1. The molecule has 5 heteroatoms. The summed E-state index contributed by atoms with van der Waals surface area (Å²) in [5.41, 5.74) is 3.47. The molecule has 1 aromatic heterocycles. The first kappa shape index (κ1) is 13.2. The average Bonchev–Trinajstić information content (AvgIpc) is 2.90. The Balaban J connectivity index is 1.94. The van der Waals surface area contributed by atoms with Gasteiger partial charge in [-0.05, 0) is 35.9 Å². The fraction of sp³-hybridized carbons (Fsp3) is 0.0625. The van der Waals surface area contributed by atoms with Crippen LogP contribution in [0, 0.1) is 5.82 Å². The Hall–Kier alpha value is -2.82. The quantitative estimate of drug-likeness (QED) is 0.659. The zero-order valence-corrected chi connectivity index (χ0v) is 11.4. The Bertz CT molecular complexity index is 793. The van der Waals surface area contributed by atoms with E-state index in [1.54, 1.807) is 13.1 Å². The molecule has 4 nitrogen and oxygen atoms in total. The van der Waals surface area contributed by atoms with E-state index in [-0.39, 0.29) is 11.8 Å². The summed E-state index contributed by atoms with van der Waals surface area (Å²) < 4.78 is 13.2. The molecular formula is C16H14FN3O. The van der Waals surface area contributed by atoms with Crippen LogP contribution in [0.3, 0.4) is 0 Å². The number of carbonyl (C=O) groups excluding carboxylic acids is 1. The number of hydrogen-bond donors (Lipinski definition) is 3. The number of fused-ring (bicyclic) bond motifs is 1. The molecule has 0 spiro atoms. The smallest absolute Gasteiger partial charge is 0.318 e. The van der Waals surface area contributed by atoms with E-state index in [2.05, 4.69) is 15.6 Å². The van der Waals surface area contributed by atoms with Crippen molar-refractivity contribution < 1.29 is 9.18 Å². The minimum absolute atomic E-state index is 0.259. The summed E-state index contributed by atoms with van der Waals surface area (Å²) in [5.74, 6) is -0.263. The van der Waals surface area contributed by atoms with Crippen LogP contribution in [-0.2, 0) is 0 Å². The van der Waals surface area contributed by atoms with Gasteiger partial charge in [0.1, 0.15) is 5.82 Å². The van der Waals surface area contributed by atoms with Gasteiger partial charge in [-0.15, -0.1) is 0 Å². The van der Waals surface area contributed by atoms with Gasteiger partial charge in [0.05, 0.1) is 0 Å². The number of aromatic nitrogens is 1. The molecule has 0 unspecified atom stereocenters. The lowest BCUT2D eigenvalue weighted by molar-refractivity contribution is 0.254. The van der Waals surface area contributed by atoms with Gasteiger partial charge in [0.15, 0.2) is 0 Å². The number of hydrogen-bond acceptors (Lipinski definition) is 1. The molecule has 0 aliphatic heterocycles. The summed E-state index contributed by atoms with van der Waals surface area (Å²) in [5, 5.41) is 6.16. The van der Waals surface area contributed by atoms with Crippen LogP contribution in [0.25, 0.3) is 22.0 Å². The predicted molar refractivity (Wildman–Crippen MR) is 81.8 cm³/mol. The topological polar surface area (TPSA) is 56.9 Å². The normalized spacial score (nSPS) is 10.6. The molecule has 106 valence electrons. The van der Waals surface area contributed by atoms with E-state index in [1.807, 2.05) is 30.5 Å². The number of anilines is 1. The molecule has 0 fully saturated rings. The number of benzene rings is 2. The third-order valence-corrected chi connectivity index (χ3v) is 3.32. The van der Waals surface area contributed by atoms with Gasteiger partial charge in [-0.1, -0.05) is 12.1 Å². The lowest BCUT2D eigenvalue weighted by Gasteiger charge is -2.05. The lowest BCUT2D eigenvalue weighted by atomic mass is 10.0. The Morgan fingerprint density at radius 2 is 1.90 bits per heavy atom. The van der Waals surface area contributed by atoms with Crippen molar-refractivity contribution in [1.29, 1.82) is 0 Å². The van der Waals surface area contributed by atoms with Gasteiger partial charge in [0, 0.05) is 35.4 Å². The first-order valence-corrected chi connectivity index (χ1v) is 6.53. The molecule has 2 amide bonds. The molecule has 2 aromatic carbocycles. The molecule has 0 atom stereocenters. The Morgan fingerprint density at radius 1 is 1.14 bits per heavy atom. The van der Waals surface area contributed by atoms with Gasteiger partial charge in [-0.2, -0.15) is 0 Å². The van der Waals surface area contributed by atoms with Crippen molar-refractivity contribution in [3.05, 3.63) is 54.5 Å². The van der Waals surface area contributed by atoms with Crippen molar-refractivity contribution in [1.82, 2.24) is 10.3 Å². The number of carbonyl (C=O) groups is 1. The summed E-state index contributed by atoms with van der Waals surface area (Å²) in [6, 6.07) is 11.9. The van der Waals surface area contributed by atoms with Crippen molar-refractivity contribution in [3.8, 4) is 11.1 Å². The SMILES string of the molecule is CNC(=O)Nc1ccc(-c2c[nH]c3cc(F)ccc23)cc1. The van der Waals surface area contributed by atoms with Crippen molar-refractivity contribution >= 4 is 22.6 Å². The zero-order chi connectivity index (χ0) is 14.8. The van der Waals surface area contributed by atoms with Gasteiger partial charge in [0.2, 0.25) is 0 Å². The van der Waals surface area contributed by atoms with E-state index >= 15 is 0 Å². The summed E-state index contributed by atoms with van der Waals surface area (Å²) in [4.78, 5) is 14.3. The van der Waals surface area contributed by atoms with Crippen molar-refractivity contribution in [2.24, 2.45) is 0 Å². The molecular weight excluding hydrogens is 269 g/mol. The van der Waals surface area contributed by atoms with Crippen LogP contribution in [-0.4, -0.2) is 18.1 Å². The highest BCUT2D eigenvalue weighted by atomic mass is 19.1. The maximum absolute atomic E-state index is 13.2. The van der Waals surface area contributed by atoms with E-state index in [0.29, 0.717) is 5.69 Å². The fourth-order valence-corrected chi connectivity index (χ4v) is 2.26. The number of H-pyrrole nitrogens is 1. The molecule has 0 saturated heterocycles. The second-order valence-electron chi connectivity index (χ2n) is 4.67. The second-order valence-corrected chi connectivity index (χ2v) is 4.67. The molecule has 0 aliphatic carbocycles. The van der Waals surface area contributed by atoms with Crippen LogP contribution >= 0.6 is 0 Å². The van der Waals surface area contributed by atoms with Crippen LogP contribution in [0.4, 0.5) is 14.9 Å². The molecule has 3 aromatic rings. The van der Waals surface area contributed by atoms with Gasteiger partial charge in [-0.3, -0.25) is 0 Å². The molecule has 0 saturated carbocycles. The monoisotopic (exact) mass is 283 g/mol. The Morgan fingerprint density at radius 3 is 2.62 bits per heavy atom. The zero-order valence-electron chi connectivity index (χ0n) is 11.4. The van der Waals surface area contributed by atoms with Gasteiger partial charge in [0.25, 0.3) is 0 Å². The van der Waals surface area contributed by atoms with E-state index in [4.69, 9.17) is 0 Å². The standard InChI is InChI=1S/C16H14FN3O/c1-18-16(21)20-12-5-2-10(3-6-12)14-9-19-15-8-11(17)4-7-13(14)15/h2-9,19H,1H3,(H2,18,20,21). The minimum atomic E-state index is -0.263. The van der Waals surface area contributed by atoms with E-state index in [9.17, 15) is 9.18 Å². The lowest BCUT2D eigenvalue weighted by Crippen LogP contribution is -2.24. The summed E-state index contributed by atoms with van der Waals surface area (Å²) >= 11 is 0. The summed E-state index contributed by atoms with van der Waals surface area (Å²) in [6.07, 6.45) is 1.85. The van der Waals surface area contributed by atoms with Crippen molar-refractivity contribution in [2.45, 2.75) is 0 Å². The van der Waals surface area contributed by atoms with Crippen LogP contribution in [0.1, 0.15) is 0 Å². The number of nitrogens with one attached hydrogen (secondary N) is 3. The Kier molecular flexibility index (Phi) is 3.31. The molecule has 0 bridgehead atoms. The highest BCUT2D eigenvalue weighted by Crippen LogP contribution is 2.29. The number of amides is 2. The number of rotatable bonds is 2. The van der Waals surface area contributed by atoms with E-state index < -0.39 is 0 Å². The highest BCUT2D eigenvalue weighted by Gasteiger charge is 2.07. The van der Waals surface area contributed by atoms with Crippen LogP contribution in [0.5, 0.6) is 0 Å². The first-order valence-electron chi connectivity index (χ1n) is 6.53. The Labute approximate surface area is 121 Å². The predicted octanol–water partition coefficient (Wildman–Crippen LogP) is 3.73. The number of aromatic amines is 1. The maximum atomic E-state index is 13.2. The molecule has 0 radical (unpaired) electrons. The third-order valence-electron chi connectivity index (χ3n) is 3.32. The van der Waals surface area contributed by atoms with Gasteiger partial charge in [-0.25, -0.2) is 9.18 Å².